The van der Waals surface area contributed by atoms with Gasteiger partial charge in [0.25, 0.3) is 0 Å². The van der Waals surface area contributed by atoms with E-state index in [9.17, 15) is 4.79 Å². The van der Waals surface area contributed by atoms with Crippen LogP contribution in [0.2, 0.25) is 0 Å². The molecule has 6 nitrogen and oxygen atoms in total. The Balaban J connectivity index is 2.23. The number of benzene rings is 1. The van der Waals surface area contributed by atoms with E-state index in [0.29, 0.717) is 5.69 Å². The molecule has 24 heavy (non-hydrogen) atoms. The zero-order valence-electron chi connectivity index (χ0n) is 14.7. The van der Waals surface area contributed by atoms with Crippen LogP contribution in [0.1, 0.15) is 20.8 Å². The lowest BCUT2D eigenvalue weighted by Crippen LogP contribution is -2.44. The van der Waals surface area contributed by atoms with Gasteiger partial charge in [0.05, 0.1) is 10.8 Å². The fourth-order valence-electron chi connectivity index (χ4n) is 2.44. The van der Waals surface area contributed by atoms with Crippen LogP contribution in [-0.4, -0.2) is 55.0 Å². The van der Waals surface area contributed by atoms with Gasteiger partial charge in [-0.05, 0) is 58.2 Å². The summed E-state index contributed by atoms with van der Waals surface area (Å²) < 4.78 is 5.39. The fourth-order valence-corrected chi connectivity index (χ4v) is 2.52. The predicted molar refractivity (Wildman–Crippen MR) is 99.9 cm³/mol. The highest BCUT2D eigenvalue weighted by Gasteiger charge is 2.24. The summed E-state index contributed by atoms with van der Waals surface area (Å²) in [6, 6.07) is 7.66. The van der Waals surface area contributed by atoms with Crippen molar-refractivity contribution in [3.63, 3.8) is 0 Å². The molecule has 1 aromatic carbocycles. The van der Waals surface area contributed by atoms with Crippen LogP contribution in [-0.2, 0) is 4.74 Å². The molecule has 1 aromatic rings. The number of nitrogens with zero attached hydrogens (tertiary/aromatic N) is 4. The smallest absolute Gasteiger partial charge is 0.436 e. The zero-order valence-corrected chi connectivity index (χ0v) is 15.5. The Morgan fingerprint density at radius 1 is 1.29 bits per heavy atom. The number of carbonyl (C=O) groups excluding carboxylic acids is 1. The molecular formula is C17H24N4O2S. The zero-order chi connectivity index (χ0) is 17.7. The van der Waals surface area contributed by atoms with Gasteiger partial charge in [0.1, 0.15) is 5.60 Å². The van der Waals surface area contributed by atoms with Crippen molar-refractivity contribution < 1.29 is 9.53 Å². The molecule has 1 aliphatic rings. The number of isothiocyanates is 1. The quantitative estimate of drug-likeness (QED) is 0.477. The first kappa shape index (κ1) is 18.4. The van der Waals surface area contributed by atoms with Crippen molar-refractivity contribution in [2.75, 3.05) is 43.1 Å². The van der Waals surface area contributed by atoms with Crippen molar-refractivity contribution >= 4 is 34.8 Å². The van der Waals surface area contributed by atoms with Crippen molar-refractivity contribution in [2.24, 2.45) is 5.10 Å². The van der Waals surface area contributed by atoms with Gasteiger partial charge in [0, 0.05) is 31.9 Å². The van der Waals surface area contributed by atoms with E-state index in [1.54, 1.807) is 6.07 Å². The molecule has 1 heterocycles. The lowest BCUT2D eigenvalue weighted by Gasteiger charge is -2.34. The fraction of sp³-hybridized carbons (Fsp3) is 0.529. The number of carbonyl (C=O) groups is 1. The predicted octanol–water partition coefficient (Wildman–Crippen LogP) is 3.20. The molecule has 0 bridgehead atoms. The Morgan fingerprint density at radius 2 is 1.96 bits per heavy atom. The lowest BCUT2D eigenvalue weighted by molar-refractivity contribution is 0.0581. The van der Waals surface area contributed by atoms with Crippen molar-refractivity contribution in [3.8, 4) is 0 Å². The summed E-state index contributed by atoms with van der Waals surface area (Å²) in [5.41, 5.74) is 1.05. The van der Waals surface area contributed by atoms with Gasteiger partial charge in [-0.15, -0.1) is 5.10 Å². The first-order chi connectivity index (χ1) is 11.3. The summed E-state index contributed by atoms with van der Waals surface area (Å²) in [4.78, 5) is 17.0. The second kappa shape index (κ2) is 7.75. The molecule has 0 saturated carbocycles. The number of ether oxygens (including phenoxy) is 1. The van der Waals surface area contributed by atoms with Gasteiger partial charge >= 0.3 is 6.09 Å². The number of piperazine rings is 1. The standard InChI is InChI=1S/C17H24N4O2S/c1-17(2,3)23-16(22)21(18-13-24)15-7-5-6-14(12-15)20-10-8-19(4)9-11-20/h5-7,12H,8-11H2,1-4H3. The van der Waals surface area contributed by atoms with Gasteiger partial charge in [0.15, 0.2) is 0 Å². The number of thiocarbonyl (C=S) groups is 1. The second-order valence-electron chi connectivity index (χ2n) is 6.79. The lowest BCUT2D eigenvalue weighted by atomic mass is 10.2. The number of hydrazone groups is 1. The average molecular weight is 348 g/mol. The number of likely N-dealkylation sites (N-methyl/N-ethyl adjacent to an activating group) is 1. The van der Waals surface area contributed by atoms with Crippen LogP contribution < -0.4 is 9.91 Å². The molecule has 0 unspecified atom stereocenters. The Kier molecular flexibility index (Phi) is 5.94. The highest BCUT2D eigenvalue weighted by Crippen LogP contribution is 2.25. The third kappa shape index (κ3) is 5.03. The van der Waals surface area contributed by atoms with Crippen LogP contribution in [0.3, 0.4) is 0 Å². The average Bonchev–Trinajstić information content (AvgIpc) is 2.51. The molecular weight excluding hydrogens is 324 g/mol. The van der Waals surface area contributed by atoms with E-state index in [1.165, 1.54) is 0 Å². The van der Waals surface area contributed by atoms with Crippen LogP contribution in [0.4, 0.5) is 16.2 Å². The monoisotopic (exact) mass is 348 g/mol. The molecule has 0 aromatic heterocycles. The minimum Gasteiger partial charge on any atom is -0.442 e. The van der Waals surface area contributed by atoms with Crippen LogP contribution in [0.15, 0.2) is 29.4 Å². The van der Waals surface area contributed by atoms with E-state index in [0.717, 1.165) is 36.9 Å². The van der Waals surface area contributed by atoms with Gasteiger partial charge in [-0.1, -0.05) is 6.07 Å². The molecule has 1 fully saturated rings. The van der Waals surface area contributed by atoms with Gasteiger partial charge in [-0.2, -0.15) is 5.01 Å². The second-order valence-corrected chi connectivity index (χ2v) is 6.98. The van der Waals surface area contributed by atoms with E-state index in [2.05, 4.69) is 39.3 Å². The largest absolute Gasteiger partial charge is 0.442 e. The van der Waals surface area contributed by atoms with Gasteiger partial charge in [-0.25, -0.2) is 4.79 Å². The van der Waals surface area contributed by atoms with Gasteiger partial charge in [-0.3, -0.25) is 0 Å². The SMILES string of the molecule is CN1CCN(c2cccc(N(N=C=S)C(=O)OC(C)(C)C)c2)CC1. The summed E-state index contributed by atoms with van der Waals surface area (Å²) in [5.74, 6) is 0. The third-order valence-corrected chi connectivity index (χ3v) is 3.73. The number of anilines is 2. The summed E-state index contributed by atoms with van der Waals surface area (Å²) in [7, 11) is 2.12. The number of hydrogen-bond donors (Lipinski definition) is 0. The van der Waals surface area contributed by atoms with Crippen molar-refractivity contribution in [1.29, 1.82) is 0 Å². The normalized spacial score (nSPS) is 15.6. The van der Waals surface area contributed by atoms with E-state index in [1.807, 2.05) is 39.0 Å². The van der Waals surface area contributed by atoms with E-state index in [4.69, 9.17) is 4.74 Å². The van der Waals surface area contributed by atoms with Crippen LogP contribution in [0, 0.1) is 0 Å². The molecule has 0 N–H and O–H groups in total. The highest BCUT2D eigenvalue weighted by molar-refractivity contribution is 7.78. The van der Waals surface area contributed by atoms with Crippen molar-refractivity contribution in [3.05, 3.63) is 24.3 Å². The van der Waals surface area contributed by atoms with Gasteiger partial charge < -0.3 is 14.5 Å². The topological polar surface area (TPSA) is 48.4 Å². The minimum absolute atomic E-state index is 0.574. The molecule has 7 heteroatoms. The molecule has 0 aliphatic carbocycles. The Bertz CT molecular complexity index is 630. The molecule has 2 rings (SSSR count). The van der Waals surface area contributed by atoms with Crippen LogP contribution >= 0.6 is 12.2 Å². The molecule has 0 radical (unpaired) electrons. The summed E-state index contributed by atoms with van der Waals surface area (Å²) in [6.45, 7) is 9.35. The molecule has 130 valence electrons. The van der Waals surface area contributed by atoms with E-state index < -0.39 is 11.7 Å². The Morgan fingerprint density at radius 3 is 2.54 bits per heavy atom. The third-order valence-electron chi connectivity index (χ3n) is 3.65. The minimum atomic E-state index is -0.610. The number of rotatable bonds is 3. The van der Waals surface area contributed by atoms with E-state index in [-0.39, 0.29) is 0 Å². The number of hydrogen-bond acceptors (Lipinski definition) is 6. The first-order valence-corrected chi connectivity index (χ1v) is 8.35. The number of amides is 1. The van der Waals surface area contributed by atoms with E-state index >= 15 is 0 Å². The molecule has 0 atom stereocenters. The summed E-state index contributed by atoms with van der Waals surface area (Å²) in [6.07, 6.45) is -0.574. The molecule has 1 saturated heterocycles. The summed E-state index contributed by atoms with van der Waals surface area (Å²) in [5, 5.41) is 7.28. The maximum Gasteiger partial charge on any atom is 0.436 e. The Labute approximate surface area is 148 Å². The summed E-state index contributed by atoms with van der Waals surface area (Å²) >= 11 is 4.68. The Hall–Kier alpha value is -1.95. The molecule has 0 spiro atoms. The highest BCUT2D eigenvalue weighted by atomic mass is 32.1. The van der Waals surface area contributed by atoms with Crippen LogP contribution in [0.25, 0.3) is 0 Å². The molecule has 1 aliphatic heterocycles. The van der Waals surface area contributed by atoms with Gasteiger partial charge in [0.2, 0.25) is 0 Å². The molecule has 1 amide bonds. The maximum atomic E-state index is 12.4. The van der Waals surface area contributed by atoms with Crippen LogP contribution in [0.5, 0.6) is 0 Å². The first-order valence-electron chi connectivity index (χ1n) is 7.94. The van der Waals surface area contributed by atoms with Crippen molar-refractivity contribution in [2.45, 2.75) is 26.4 Å². The van der Waals surface area contributed by atoms with Crippen molar-refractivity contribution in [1.82, 2.24) is 4.90 Å². The maximum absolute atomic E-state index is 12.4.